The van der Waals surface area contributed by atoms with Gasteiger partial charge in [0.05, 0.1) is 6.61 Å². The zero-order valence-electron chi connectivity index (χ0n) is 13.5. The molecular formula is C19H21F3O. The summed E-state index contributed by atoms with van der Waals surface area (Å²) < 4.78 is 47.1. The molecule has 2 rings (SSSR count). The first kappa shape index (κ1) is 17.4. The van der Waals surface area contributed by atoms with E-state index >= 15 is 0 Å². The van der Waals surface area contributed by atoms with Gasteiger partial charge in [0, 0.05) is 5.56 Å². The highest BCUT2D eigenvalue weighted by Crippen LogP contribution is 2.29. The molecule has 124 valence electrons. The van der Waals surface area contributed by atoms with Crippen molar-refractivity contribution in [2.45, 2.75) is 39.5 Å². The normalized spacial score (nSPS) is 10.8. The van der Waals surface area contributed by atoms with Crippen molar-refractivity contribution in [1.82, 2.24) is 0 Å². The fraction of sp³-hybridized carbons (Fsp3) is 0.368. The highest BCUT2D eigenvalue weighted by molar-refractivity contribution is 5.65. The van der Waals surface area contributed by atoms with Crippen molar-refractivity contribution < 1.29 is 17.9 Å². The number of aryl methyl sites for hydroxylation is 1. The van der Waals surface area contributed by atoms with Crippen LogP contribution in [0.5, 0.6) is 5.75 Å². The fourth-order valence-corrected chi connectivity index (χ4v) is 2.37. The van der Waals surface area contributed by atoms with Crippen molar-refractivity contribution in [1.29, 1.82) is 0 Å². The molecule has 0 amide bonds. The molecule has 0 aliphatic carbocycles. The van der Waals surface area contributed by atoms with Gasteiger partial charge in [0.15, 0.2) is 23.2 Å². The smallest absolute Gasteiger partial charge is 0.166 e. The number of hydrogen-bond acceptors (Lipinski definition) is 1. The number of unbranched alkanes of at least 4 members (excludes halogenated alkanes) is 3. The van der Waals surface area contributed by atoms with Crippen LogP contribution in [0.2, 0.25) is 0 Å². The van der Waals surface area contributed by atoms with E-state index in [0.717, 1.165) is 25.7 Å². The van der Waals surface area contributed by atoms with Crippen LogP contribution >= 0.6 is 0 Å². The SMILES string of the molecule is CCCCCCOc1ccc(-c2ccc(C)c(F)c2F)cc1F. The maximum Gasteiger partial charge on any atom is 0.166 e. The topological polar surface area (TPSA) is 9.23 Å². The number of ether oxygens (including phenoxy) is 1. The summed E-state index contributed by atoms with van der Waals surface area (Å²) in [5.74, 6) is -2.30. The van der Waals surface area contributed by atoms with Crippen LogP contribution < -0.4 is 4.74 Å². The lowest BCUT2D eigenvalue weighted by Crippen LogP contribution is -2.00. The standard InChI is InChI=1S/C19H21F3O/c1-3-4-5-6-11-23-17-10-8-14(12-16(17)20)15-9-7-13(2)18(21)19(15)22/h7-10,12H,3-6,11H2,1-2H3. The molecular weight excluding hydrogens is 301 g/mol. The molecule has 0 fully saturated rings. The second kappa shape index (κ2) is 8.04. The Hall–Kier alpha value is -1.97. The van der Waals surface area contributed by atoms with Crippen LogP contribution in [0.15, 0.2) is 30.3 Å². The van der Waals surface area contributed by atoms with Crippen LogP contribution in [-0.4, -0.2) is 6.61 Å². The molecule has 0 N–H and O–H groups in total. The zero-order valence-corrected chi connectivity index (χ0v) is 13.5. The van der Waals surface area contributed by atoms with Crippen molar-refractivity contribution in [3.05, 3.63) is 53.3 Å². The van der Waals surface area contributed by atoms with Crippen molar-refractivity contribution in [3.8, 4) is 16.9 Å². The second-order valence-electron chi connectivity index (χ2n) is 5.61. The number of rotatable bonds is 7. The maximum absolute atomic E-state index is 14.1. The Morgan fingerprint density at radius 1 is 0.913 bits per heavy atom. The summed E-state index contributed by atoms with van der Waals surface area (Å²) in [5.41, 5.74) is 0.553. The highest BCUT2D eigenvalue weighted by Gasteiger charge is 2.14. The molecule has 0 heterocycles. The molecule has 0 atom stereocenters. The summed E-state index contributed by atoms with van der Waals surface area (Å²) >= 11 is 0. The van der Waals surface area contributed by atoms with Gasteiger partial charge in [-0.25, -0.2) is 13.2 Å². The lowest BCUT2D eigenvalue weighted by molar-refractivity contribution is 0.290. The summed E-state index contributed by atoms with van der Waals surface area (Å²) in [6, 6.07) is 7.10. The summed E-state index contributed by atoms with van der Waals surface area (Å²) in [6.07, 6.45) is 4.17. The van der Waals surface area contributed by atoms with E-state index in [1.165, 1.54) is 37.3 Å². The largest absolute Gasteiger partial charge is 0.491 e. The van der Waals surface area contributed by atoms with Crippen molar-refractivity contribution in [2.75, 3.05) is 6.61 Å². The minimum absolute atomic E-state index is 0.0431. The van der Waals surface area contributed by atoms with Crippen LogP contribution in [0.1, 0.15) is 38.2 Å². The molecule has 0 saturated heterocycles. The van der Waals surface area contributed by atoms with Gasteiger partial charge in [-0.3, -0.25) is 0 Å². The zero-order chi connectivity index (χ0) is 16.8. The van der Waals surface area contributed by atoms with Crippen LogP contribution in [0.3, 0.4) is 0 Å². The predicted molar refractivity (Wildman–Crippen MR) is 86.1 cm³/mol. The van der Waals surface area contributed by atoms with Crippen LogP contribution in [-0.2, 0) is 0 Å². The van der Waals surface area contributed by atoms with Gasteiger partial charge in [-0.2, -0.15) is 0 Å². The third-order valence-corrected chi connectivity index (χ3v) is 3.77. The third-order valence-electron chi connectivity index (χ3n) is 3.77. The van der Waals surface area contributed by atoms with Crippen LogP contribution in [0.25, 0.3) is 11.1 Å². The summed E-state index contributed by atoms with van der Waals surface area (Å²) in [7, 11) is 0. The third kappa shape index (κ3) is 4.27. The van der Waals surface area contributed by atoms with E-state index in [-0.39, 0.29) is 22.4 Å². The number of halogens is 3. The molecule has 0 aromatic heterocycles. The minimum atomic E-state index is -0.961. The van der Waals surface area contributed by atoms with Gasteiger partial charge in [-0.05, 0) is 36.6 Å². The lowest BCUT2D eigenvalue weighted by atomic mass is 10.0. The van der Waals surface area contributed by atoms with Crippen molar-refractivity contribution >= 4 is 0 Å². The van der Waals surface area contributed by atoms with E-state index in [0.29, 0.717) is 6.61 Å². The van der Waals surface area contributed by atoms with E-state index in [4.69, 9.17) is 4.74 Å². The van der Waals surface area contributed by atoms with E-state index < -0.39 is 17.5 Å². The monoisotopic (exact) mass is 322 g/mol. The highest BCUT2D eigenvalue weighted by atomic mass is 19.2. The molecule has 1 nitrogen and oxygen atoms in total. The summed E-state index contributed by atoms with van der Waals surface area (Å²) in [4.78, 5) is 0. The average molecular weight is 322 g/mol. The molecule has 0 aliphatic heterocycles. The van der Waals surface area contributed by atoms with Crippen molar-refractivity contribution in [2.24, 2.45) is 0 Å². The Morgan fingerprint density at radius 2 is 1.70 bits per heavy atom. The molecule has 0 bridgehead atoms. The number of hydrogen-bond donors (Lipinski definition) is 0. The van der Waals surface area contributed by atoms with Crippen molar-refractivity contribution in [3.63, 3.8) is 0 Å². The average Bonchev–Trinajstić information content (AvgIpc) is 2.54. The van der Waals surface area contributed by atoms with Gasteiger partial charge < -0.3 is 4.74 Å². The minimum Gasteiger partial charge on any atom is -0.491 e. The molecule has 0 unspecified atom stereocenters. The predicted octanol–water partition coefficient (Wildman–Crippen LogP) is 6.04. The molecule has 2 aromatic carbocycles. The molecule has 0 radical (unpaired) electrons. The first-order chi connectivity index (χ1) is 11.0. The van der Waals surface area contributed by atoms with E-state index in [9.17, 15) is 13.2 Å². The molecule has 4 heteroatoms. The first-order valence-corrected chi connectivity index (χ1v) is 7.92. The molecule has 0 aliphatic rings. The Labute approximate surface area is 135 Å². The van der Waals surface area contributed by atoms with Gasteiger partial charge in [0.25, 0.3) is 0 Å². The summed E-state index contributed by atoms with van der Waals surface area (Å²) in [6.45, 7) is 4.05. The Bertz CT molecular complexity index is 668. The summed E-state index contributed by atoms with van der Waals surface area (Å²) in [5, 5.41) is 0. The quantitative estimate of drug-likeness (QED) is 0.565. The molecule has 23 heavy (non-hydrogen) atoms. The molecule has 2 aromatic rings. The molecule has 0 saturated carbocycles. The van der Waals surface area contributed by atoms with E-state index in [1.54, 1.807) is 0 Å². The van der Waals surface area contributed by atoms with Gasteiger partial charge in [-0.1, -0.05) is 44.4 Å². The fourth-order valence-electron chi connectivity index (χ4n) is 2.37. The lowest BCUT2D eigenvalue weighted by Gasteiger charge is -2.10. The number of benzene rings is 2. The second-order valence-corrected chi connectivity index (χ2v) is 5.61. The van der Waals surface area contributed by atoms with E-state index in [2.05, 4.69) is 6.92 Å². The first-order valence-electron chi connectivity index (χ1n) is 7.92. The van der Waals surface area contributed by atoms with Gasteiger partial charge in [-0.15, -0.1) is 0 Å². The molecule has 0 spiro atoms. The van der Waals surface area contributed by atoms with Crippen LogP contribution in [0.4, 0.5) is 13.2 Å². The Balaban J connectivity index is 2.12. The maximum atomic E-state index is 14.1. The van der Waals surface area contributed by atoms with E-state index in [1.807, 2.05) is 0 Å². The van der Waals surface area contributed by atoms with Crippen LogP contribution in [0, 0.1) is 24.4 Å². The van der Waals surface area contributed by atoms with Gasteiger partial charge in [0.2, 0.25) is 0 Å². The Morgan fingerprint density at radius 3 is 2.39 bits per heavy atom. The Kier molecular flexibility index (Phi) is 6.08. The van der Waals surface area contributed by atoms with Gasteiger partial charge in [0.1, 0.15) is 0 Å². The van der Waals surface area contributed by atoms with Gasteiger partial charge >= 0.3 is 0 Å².